The van der Waals surface area contributed by atoms with Crippen LogP contribution in [0, 0.1) is 0 Å². The fourth-order valence-electron chi connectivity index (χ4n) is 1.12. The first-order valence-corrected chi connectivity index (χ1v) is 4.92. The fourth-order valence-corrected chi connectivity index (χ4v) is 1.12. The quantitative estimate of drug-likeness (QED) is 0.308. The maximum atomic E-state index is 11.2. The summed E-state index contributed by atoms with van der Waals surface area (Å²) < 4.78 is 7.07. The van der Waals surface area contributed by atoms with E-state index in [-0.39, 0.29) is 0 Å². The van der Waals surface area contributed by atoms with Gasteiger partial charge in [0.2, 0.25) is 5.91 Å². The molecule has 0 bridgehead atoms. The molecule has 0 heterocycles. The van der Waals surface area contributed by atoms with Crippen LogP contribution in [-0.2, 0) is 4.79 Å². The van der Waals surface area contributed by atoms with Gasteiger partial charge in [0.05, 0.1) is 6.61 Å². The van der Waals surface area contributed by atoms with Crippen LogP contribution in [0.15, 0.2) is 12.7 Å². The van der Waals surface area contributed by atoms with Gasteiger partial charge in [0, 0.05) is 14.9 Å². The highest BCUT2D eigenvalue weighted by Crippen LogP contribution is 2.06. The lowest BCUT2D eigenvalue weighted by molar-refractivity contribution is -0.134. The van der Waals surface area contributed by atoms with Gasteiger partial charge >= 0.3 is 0 Å². The normalized spacial score (nSPS) is 18.8. The number of carbonyl (C=O) groups excluding carboxylic acids is 1. The topological polar surface area (TPSA) is 121 Å². The van der Waals surface area contributed by atoms with Gasteiger partial charge in [-0.1, -0.05) is 6.58 Å². The molecule has 0 saturated heterocycles. The molecule has 7 nitrogen and oxygen atoms in total. The van der Waals surface area contributed by atoms with Crippen LogP contribution < -0.4 is 0 Å². The number of amides is 1. The third-order valence-electron chi connectivity index (χ3n) is 2.22. The van der Waals surface area contributed by atoms with Crippen LogP contribution in [-0.4, -0.2) is 80.9 Å². The van der Waals surface area contributed by atoms with Crippen molar-refractivity contribution in [1.29, 1.82) is 0 Å². The minimum absolute atomic E-state index is 0.398. The Bertz CT molecular complexity index is 277. The van der Waals surface area contributed by atoms with Crippen molar-refractivity contribution in [2.45, 2.75) is 24.4 Å². The van der Waals surface area contributed by atoms with Crippen LogP contribution in [0.4, 0.5) is 0 Å². The number of hydrogen-bond acceptors (Lipinski definition) is 6. The predicted molar refractivity (Wildman–Crippen MR) is 58.9 cm³/mol. The van der Waals surface area contributed by atoms with E-state index in [2.05, 4.69) is 6.58 Å². The molecule has 0 aromatic rings. The summed E-state index contributed by atoms with van der Waals surface area (Å²) in [5, 5.41) is 46.1. The monoisotopic (exact) mass is 250 g/mol. The van der Waals surface area contributed by atoms with E-state index in [1.54, 1.807) is 0 Å². The van der Waals surface area contributed by atoms with Crippen molar-refractivity contribution < 1.29 is 31.7 Å². The second-order valence-corrected chi connectivity index (χ2v) is 3.56. The molecule has 0 aromatic carbocycles. The van der Waals surface area contributed by atoms with E-state index in [1.165, 1.54) is 0 Å². The maximum absolute atomic E-state index is 11.2. The molecule has 7 heteroatoms. The molecule has 0 spiro atoms. The molecule has 100 valence electrons. The fraction of sp³-hybridized carbons (Fsp3) is 0.700. The maximum Gasteiger partial charge on any atom is 0.245 e. The molecule has 0 aliphatic carbocycles. The van der Waals surface area contributed by atoms with Crippen LogP contribution in [0.2, 0.25) is 0 Å². The van der Waals surface area contributed by atoms with E-state index in [0.29, 0.717) is 0 Å². The Balaban J connectivity index is 4.50. The largest absolute Gasteiger partial charge is 0.394 e. The lowest BCUT2D eigenvalue weighted by Crippen LogP contribution is -2.49. The highest BCUT2D eigenvalue weighted by Gasteiger charge is 2.30. The first-order chi connectivity index (χ1) is 8.38. The van der Waals surface area contributed by atoms with Crippen molar-refractivity contribution in [3.8, 4) is 0 Å². The Morgan fingerprint density at radius 2 is 1.88 bits per heavy atom. The summed E-state index contributed by atoms with van der Waals surface area (Å²) in [5.41, 5.74) is 0. The molecule has 0 aliphatic rings. The molecule has 0 fully saturated rings. The Labute approximate surface area is 101 Å². The molecule has 4 atom stereocenters. The summed E-state index contributed by atoms with van der Waals surface area (Å²) >= 11 is 0. The molecule has 0 saturated carbocycles. The van der Waals surface area contributed by atoms with Crippen molar-refractivity contribution in [3.05, 3.63) is 12.7 Å². The van der Waals surface area contributed by atoms with E-state index in [0.717, 1.165) is 11.0 Å². The highest BCUT2D eigenvalue weighted by molar-refractivity contribution is 5.86. The molecule has 5 N–H and O–H groups in total. The van der Waals surface area contributed by atoms with Crippen molar-refractivity contribution in [3.63, 3.8) is 0 Å². The summed E-state index contributed by atoms with van der Waals surface area (Å²) in [4.78, 5) is 12.1. The summed E-state index contributed by atoms with van der Waals surface area (Å²) in [6.45, 7) is 2.04. The van der Waals surface area contributed by atoms with Crippen LogP contribution in [0.25, 0.3) is 0 Å². The molecule has 0 aliphatic heterocycles. The van der Waals surface area contributed by atoms with Gasteiger partial charge in [0.25, 0.3) is 0 Å². The zero-order chi connectivity index (χ0) is 14.3. The molecule has 0 rings (SSSR count). The minimum atomic E-state index is -1.75. The van der Waals surface area contributed by atoms with Gasteiger partial charge < -0.3 is 30.4 Å². The van der Waals surface area contributed by atoms with E-state index >= 15 is 0 Å². The number of aliphatic hydroxyl groups is 5. The van der Waals surface area contributed by atoms with Crippen LogP contribution >= 0.6 is 0 Å². The number of aliphatic hydroxyl groups excluding tert-OH is 5. The molecule has 17 heavy (non-hydrogen) atoms. The van der Waals surface area contributed by atoms with Gasteiger partial charge in [0.1, 0.15) is 24.4 Å². The number of nitrogens with zero attached hydrogens (tertiary/aromatic N) is 1. The second-order valence-electron chi connectivity index (χ2n) is 3.56. The minimum Gasteiger partial charge on any atom is -0.394 e. The number of likely N-dealkylation sites (N-methyl/N-ethyl adjacent to an activating group) is 1. The lowest BCUT2D eigenvalue weighted by atomic mass is 10.0. The molecule has 0 radical (unpaired) electrons. The summed E-state index contributed by atoms with van der Waals surface area (Å²) in [7, 11) is -0.451. The van der Waals surface area contributed by atoms with Crippen LogP contribution in [0.1, 0.15) is 1.37 Å². The van der Waals surface area contributed by atoms with Gasteiger partial charge in [-0.15, -0.1) is 0 Å². The lowest BCUT2D eigenvalue weighted by Gasteiger charge is -2.28. The molecular formula is C10H19NO6. The zero-order valence-corrected chi connectivity index (χ0v) is 9.31. The second kappa shape index (κ2) is 7.36. The van der Waals surface area contributed by atoms with Crippen LogP contribution in [0.5, 0.6) is 0 Å². The van der Waals surface area contributed by atoms with E-state index < -0.39 is 50.5 Å². The van der Waals surface area contributed by atoms with E-state index in [9.17, 15) is 20.1 Å². The third-order valence-corrected chi connectivity index (χ3v) is 2.22. The average molecular weight is 250 g/mol. The Kier molecular flexibility index (Phi) is 6.09. The Morgan fingerprint density at radius 3 is 2.29 bits per heavy atom. The summed E-state index contributed by atoms with van der Waals surface area (Å²) in [6, 6.07) is 0. The van der Waals surface area contributed by atoms with Gasteiger partial charge in [-0.2, -0.15) is 0 Å². The average Bonchev–Trinajstić information content (AvgIpc) is 2.40. The summed E-state index contributed by atoms with van der Waals surface area (Å²) in [6.07, 6.45) is -5.72. The smallest absolute Gasteiger partial charge is 0.245 e. The third kappa shape index (κ3) is 4.80. The van der Waals surface area contributed by atoms with Gasteiger partial charge in [-0.25, -0.2) is 0 Å². The van der Waals surface area contributed by atoms with Crippen LogP contribution in [0.3, 0.4) is 0 Å². The Morgan fingerprint density at radius 1 is 1.35 bits per heavy atom. The Hall–Kier alpha value is -0.990. The molecular weight excluding hydrogens is 230 g/mol. The standard InChI is InChI=1S/C10H19NO6/c1-3-8(15)11(2)4-6(13)9(16)10(17)7(14)5-12/h3,6-7,9-10,12-14,16-17H,1,4-5H2,2H3/t6-,7+,9+,10+/m0/s1/i2D. The summed E-state index contributed by atoms with van der Waals surface area (Å²) in [5.74, 6) is -0.603. The molecule has 0 aromatic heterocycles. The van der Waals surface area contributed by atoms with Crippen molar-refractivity contribution in [1.82, 2.24) is 4.90 Å². The SMILES string of the molecule is [2H]CN(C[C@H](O)[C@@H](O)[C@H](O)[C@H](O)CO)C(=O)C=C. The first-order valence-electron chi connectivity index (χ1n) is 5.63. The first kappa shape index (κ1) is 14.1. The van der Waals surface area contributed by atoms with E-state index in [1.807, 2.05) is 0 Å². The van der Waals surface area contributed by atoms with Crippen molar-refractivity contribution in [2.75, 3.05) is 20.2 Å². The number of rotatable bonds is 7. The highest BCUT2D eigenvalue weighted by atomic mass is 16.4. The van der Waals surface area contributed by atoms with Crippen molar-refractivity contribution >= 4 is 5.91 Å². The molecule has 0 unspecified atom stereocenters. The number of hydrogen-bond donors (Lipinski definition) is 5. The molecule has 1 amide bonds. The zero-order valence-electron chi connectivity index (χ0n) is 10.3. The number of carbonyl (C=O) groups is 1. The van der Waals surface area contributed by atoms with Crippen molar-refractivity contribution in [2.24, 2.45) is 0 Å². The van der Waals surface area contributed by atoms with Gasteiger partial charge in [-0.3, -0.25) is 4.79 Å². The van der Waals surface area contributed by atoms with E-state index in [4.69, 9.17) is 11.6 Å². The van der Waals surface area contributed by atoms with Gasteiger partial charge in [-0.05, 0) is 6.08 Å². The predicted octanol–water partition coefficient (Wildman–Crippen LogP) is -2.93. The van der Waals surface area contributed by atoms with Gasteiger partial charge in [0.15, 0.2) is 0 Å².